The van der Waals surface area contributed by atoms with E-state index in [0.717, 1.165) is 11.1 Å². The smallest absolute Gasteiger partial charge is 0.146 e. The number of hydrogen-bond donors (Lipinski definition) is 1. The van der Waals surface area contributed by atoms with Crippen LogP contribution >= 0.6 is 0 Å². The zero-order chi connectivity index (χ0) is 8.72. The summed E-state index contributed by atoms with van der Waals surface area (Å²) in [5.41, 5.74) is 7.53. The van der Waals surface area contributed by atoms with E-state index < -0.39 is 0 Å². The molecule has 1 aromatic rings. The third-order valence-electron chi connectivity index (χ3n) is 2.19. The Morgan fingerprint density at radius 2 is 2.33 bits per heavy atom. The molecule has 1 atom stereocenters. The summed E-state index contributed by atoms with van der Waals surface area (Å²) in [4.78, 5) is 0. The molecule has 64 valence electrons. The van der Waals surface area contributed by atoms with Crippen molar-refractivity contribution in [2.24, 2.45) is 0 Å². The van der Waals surface area contributed by atoms with Crippen molar-refractivity contribution in [1.82, 2.24) is 0 Å². The lowest BCUT2D eigenvalue weighted by molar-refractivity contribution is 0.0795. The first-order chi connectivity index (χ1) is 5.68. The van der Waals surface area contributed by atoms with E-state index in [9.17, 15) is 4.39 Å². The van der Waals surface area contributed by atoms with Crippen LogP contribution in [-0.4, -0.2) is 0 Å². The highest BCUT2D eigenvalue weighted by Gasteiger charge is 2.20. The average molecular weight is 167 g/mol. The van der Waals surface area contributed by atoms with Gasteiger partial charge in [0.15, 0.2) is 0 Å². The molecular weight excluding hydrogens is 157 g/mol. The van der Waals surface area contributed by atoms with Crippen LogP contribution in [0, 0.1) is 5.82 Å². The van der Waals surface area contributed by atoms with Gasteiger partial charge < -0.3 is 10.5 Å². The quantitative estimate of drug-likeness (QED) is 0.600. The molecular formula is C9H10FNO. The number of halogens is 1. The minimum Gasteiger partial charge on any atom is -0.396 e. The molecule has 12 heavy (non-hydrogen) atoms. The summed E-state index contributed by atoms with van der Waals surface area (Å²) < 4.78 is 18.3. The van der Waals surface area contributed by atoms with E-state index in [1.54, 1.807) is 6.07 Å². The Hall–Kier alpha value is -1.09. The van der Waals surface area contributed by atoms with Crippen molar-refractivity contribution < 1.29 is 9.13 Å². The highest BCUT2D eigenvalue weighted by atomic mass is 19.1. The van der Waals surface area contributed by atoms with Gasteiger partial charge in [0.25, 0.3) is 0 Å². The van der Waals surface area contributed by atoms with Gasteiger partial charge in [-0.1, -0.05) is 0 Å². The van der Waals surface area contributed by atoms with Gasteiger partial charge in [-0.25, -0.2) is 4.39 Å². The number of hydrogen-bond acceptors (Lipinski definition) is 2. The molecule has 0 spiro atoms. The fourth-order valence-corrected chi connectivity index (χ4v) is 1.46. The SMILES string of the molecule is CC1OCc2cc(N)c(F)cc21. The van der Waals surface area contributed by atoms with Gasteiger partial charge in [-0.15, -0.1) is 0 Å². The maximum atomic E-state index is 13.0. The van der Waals surface area contributed by atoms with Crippen molar-refractivity contribution in [2.75, 3.05) is 5.73 Å². The van der Waals surface area contributed by atoms with E-state index in [1.165, 1.54) is 6.07 Å². The maximum Gasteiger partial charge on any atom is 0.146 e. The Morgan fingerprint density at radius 3 is 3.08 bits per heavy atom. The van der Waals surface area contributed by atoms with Gasteiger partial charge in [-0.2, -0.15) is 0 Å². The van der Waals surface area contributed by atoms with E-state index in [4.69, 9.17) is 10.5 Å². The van der Waals surface area contributed by atoms with Crippen molar-refractivity contribution in [3.63, 3.8) is 0 Å². The largest absolute Gasteiger partial charge is 0.396 e. The van der Waals surface area contributed by atoms with Gasteiger partial charge >= 0.3 is 0 Å². The Labute approximate surface area is 70.1 Å². The molecule has 2 rings (SSSR count). The lowest BCUT2D eigenvalue weighted by atomic mass is 10.1. The summed E-state index contributed by atoms with van der Waals surface area (Å²) in [5.74, 6) is -0.355. The fourth-order valence-electron chi connectivity index (χ4n) is 1.46. The maximum absolute atomic E-state index is 13.0. The van der Waals surface area contributed by atoms with E-state index in [-0.39, 0.29) is 17.6 Å². The standard InChI is InChI=1S/C9H10FNO/c1-5-7-3-8(10)9(11)2-6(7)4-12-5/h2-3,5H,4,11H2,1H3. The highest BCUT2D eigenvalue weighted by molar-refractivity contribution is 5.47. The summed E-state index contributed by atoms with van der Waals surface area (Å²) in [6.45, 7) is 2.45. The molecule has 2 N–H and O–H groups in total. The molecule has 1 aromatic carbocycles. The molecule has 1 heterocycles. The predicted octanol–water partition coefficient (Wildman–Crippen LogP) is 2.00. The average Bonchev–Trinajstić information content (AvgIpc) is 2.35. The van der Waals surface area contributed by atoms with Crippen molar-refractivity contribution in [3.8, 4) is 0 Å². The van der Waals surface area contributed by atoms with Crippen LogP contribution in [0.25, 0.3) is 0 Å². The van der Waals surface area contributed by atoms with Crippen LogP contribution in [0.5, 0.6) is 0 Å². The lowest BCUT2D eigenvalue weighted by Gasteiger charge is -2.03. The summed E-state index contributed by atoms with van der Waals surface area (Å²) in [5, 5.41) is 0. The van der Waals surface area contributed by atoms with Crippen molar-refractivity contribution in [3.05, 3.63) is 29.1 Å². The van der Waals surface area contributed by atoms with E-state index in [2.05, 4.69) is 0 Å². The van der Waals surface area contributed by atoms with Gasteiger partial charge in [0.05, 0.1) is 18.4 Å². The Balaban J connectivity index is 2.56. The van der Waals surface area contributed by atoms with Crippen LogP contribution in [0.2, 0.25) is 0 Å². The monoisotopic (exact) mass is 167 g/mol. The third-order valence-corrected chi connectivity index (χ3v) is 2.19. The normalized spacial score (nSPS) is 21.0. The molecule has 1 aliphatic heterocycles. The molecule has 0 bridgehead atoms. The molecule has 0 saturated heterocycles. The molecule has 0 aromatic heterocycles. The van der Waals surface area contributed by atoms with E-state index in [0.29, 0.717) is 6.61 Å². The molecule has 0 aliphatic carbocycles. The molecule has 2 nitrogen and oxygen atoms in total. The Morgan fingerprint density at radius 1 is 1.58 bits per heavy atom. The number of anilines is 1. The summed E-state index contributed by atoms with van der Waals surface area (Å²) in [6, 6.07) is 3.11. The summed E-state index contributed by atoms with van der Waals surface area (Å²) in [6.07, 6.45) is -0.00454. The van der Waals surface area contributed by atoms with Crippen LogP contribution in [0.15, 0.2) is 12.1 Å². The molecule has 1 aliphatic rings. The minimum absolute atomic E-state index is 0.00454. The second-order valence-corrected chi connectivity index (χ2v) is 3.03. The Kier molecular flexibility index (Phi) is 1.54. The number of ether oxygens (including phenoxy) is 1. The number of benzene rings is 1. The van der Waals surface area contributed by atoms with Gasteiger partial charge in [0, 0.05) is 0 Å². The van der Waals surface area contributed by atoms with Crippen LogP contribution < -0.4 is 5.73 Å². The summed E-state index contributed by atoms with van der Waals surface area (Å²) in [7, 11) is 0. The zero-order valence-corrected chi connectivity index (χ0v) is 6.80. The highest BCUT2D eigenvalue weighted by Crippen LogP contribution is 2.32. The molecule has 3 heteroatoms. The fraction of sp³-hybridized carbons (Fsp3) is 0.333. The predicted molar refractivity (Wildman–Crippen MR) is 44.0 cm³/mol. The summed E-state index contributed by atoms with van der Waals surface area (Å²) >= 11 is 0. The topological polar surface area (TPSA) is 35.2 Å². The van der Waals surface area contributed by atoms with Crippen molar-refractivity contribution >= 4 is 5.69 Å². The number of rotatable bonds is 0. The number of nitrogen functional groups attached to an aromatic ring is 1. The van der Waals surface area contributed by atoms with Crippen LogP contribution in [-0.2, 0) is 11.3 Å². The van der Waals surface area contributed by atoms with E-state index in [1.807, 2.05) is 6.92 Å². The molecule has 1 unspecified atom stereocenters. The zero-order valence-electron chi connectivity index (χ0n) is 6.80. The first kappa shape index (κ1) is 7.55. The van der Waals surface area contributed by atoms with Gasteiger partial charge in [0.1, 0.15) is 5.82 Å². The second kappa shape index (κ2) is 2.45. The van der Waals surface area contributed by atoms with Crippen LogP contribution in [0.4, 0.5) is 10.1 Å². The molecule has 0 fully saturated rings. The molecule has 0 amide bonds. The second-order valence-electron chi connectivity index (χ2n) is 3.03. The number of fused-ring (bicyclic) bond motifs is 1. The van der Waals surface area contributed by atoms with Gasteiger partial charge in [-0.3, -0.25) is 0 Å². The van der Waals surface area contributed by atoms with Crippen LogP contribution in [0.1, 0.15) is 24.2 Å². The third kappa shape index (κ3) is 0.975. The minimum atomic E-state index is -0.355. The van der Waals surface area contributed by atoms with Crippen LogP contribution in [0.3, 0.4) is 0 Å². The van der Waals surface area contributed by atoms with E-state index >= 15 is 0 Å². The number of nitrogens with two attached hydrogens (primary N) is 1. The first-order valence-electron chi connectivity index (χ1n) is 3.88. The van der Waals surface area contributed by atoms with Crippen molar-refractivity contribution in [2.45, 2.75) is 19.6 Å². The first-order valence-corrected chi connectivity index (χ1v) is 3.88. The van der Waals surface area contributed by atoms with Gasteiger partial charge in [0.2, 0.25) is 0 Å². The van der Waals surface area contributed by atoms with Crippen molar-refractivity contribution in [1.29, 1.82) is 0 Å². The molecule has 0 radical (unpaired) electrons. The Bertz CT molecular complexity index is 325. The van der Waals surface area contributed by atoms with Gasteiger partial charge in [-0.05, 0) is 30.2 Å². The lowest BCUT2D eigenvalue weighted by Crippen LogP contribution is -1.95. The molecule has 0 saturated carbocycles.